The first-order valence-electron chi connectivity index (χ1n) is 6.94. The minimum Gasteiger partial charge on any atom is -0.497 e. The van der Waals surface area contributed by atoms with Gasteiger partial charge in [0, 0.05) is 18.3 Å². The monoisotopic (exact) mass is 444 g/mol. The quantitative estimate of drug-likeness (QED) is 0.405. The van der Waals surface area contributed by atoms with E-state index in [0.29, 0.717) is 29.6 Å². The number of benzene rings is 1. The molecule has 1 aromatic carbocycles. The average molecular weight is 444 g/mol. The van der Waals surface area contributed by atoms with E-state index in [1.54, 1.807) is 51.8 Å². The van der Waals surface area contributed by atoms with Crippen molar-refractivity contribution in [1.29, 1.82) is 0 Å². The fraction of sp³-hybridized carbons (Fsp3) is 0.250. The lowest BCUT2D eigenvalue weighted by Crippen LogP contribution is -2.23. The van der Waals surface area contributed by atoms with Crippen molar-refractivity contribution in [2.24, 2.45) is 10.7 Å². The summed E-state index contributed by atoms with van der Waals surface area (Å²) in [5.74, 6) is 2.17. The molecule has 0 aliphatic carbocycles. The Bertz CT molecular complexity index is 678. The van der Waals surface area contributed by atoms with Crippen LogP contribution in [-0.4, -0.2) is 32.3 Å². The Morgan fingerprint density at radius 3 is 2.50 bits per heavy atom. The number of anilines is 1. The van der Waals surface area contributed by atoms with Gasteiger partial charge in [-0.25, -0.2) is 9.98 Å². The molecule has 0 amide bonds. The number of aromatic nitrogens is 1. The summed E-state index contributed by atoms with van der Waals surface area (Å²) >= 11 is 0. The first-order valence-corrected chi connectivity index (χ1v) is 6.94. The smallest absolute Gasteiger partial charge is 0.212 e. The fourth-order valence-electron chi connectivity index (χ4n) is 1.89. The van der Waals surface area contributed by atoms with Gasteiger partial charge in [-0.2, -0.15) is 0 Å². The van der Waals surface area contributed by atoms with E-state index in [1.807, 2.05) is 6.07 Å². The van der Waals surface area contributed by atoms with Crippen LogP contribution in [0.25, 0.3) is 0 Å². The van der Waals surface area contributed by atoms with Crippen LogP contribution in [0.4, 0.5) is 5.69 Å². The van der Waals surface area contributed by atoms with Crippen LogP contribution >= 0.6 is 24.0 Å². The maximum atomic E-state index is 5.92. The van der Waals surface area contributed by atoms with Crippen molar-refractivity contribution >= 4 is 35.6 Å². The molecule has 24 heavy (non-hydrogen) atoms. The second-order valence-electron chi connectivity index (χ2n) is 4.60. The molecule has 0 saturated carbocycles. The highest BCUT2D eigenvalue weighted by atomic mass is 127. The van der Waals surface area contributed by atoms with Crippen LogP contribution in [0.1, 0.15) is 5.56 Å². The van der Waals surface area contributed by atoms with Crippen molar-refractivity contribution in [2.45, 2.75) is 6.54 Å². The number of nitrogens with one attached hydrogen (secondary N) is 1. The van der Waals surface area contributed by atoms with Crippen molar-refractivity contribution in [2.75, 3.05) is 26.6 Å². The van der Waals surface area contributed by atoms with E-state index in [1.165, 1.54) is 0 Å². The van der Waals surface area contributed by atoms with E-state index in [4.69, 9.17) is 19.9 Å². The number of halogens is 1. The van der Waals surface area contributed by atoms with Crippen molar-refractivity contribution in [1.82, 2.24) is 4.98 Å². The van der Waals surface area contributed by atoms with Gasteiger partial charge in [0.25, 0.3) is 0 Å². The van der Waals surface area contributed by atoms with Crippen LogP contribution in [0, 0.1) is 0 Å². The first kappa shape index (κ1) is 19.8. The zero-order valence-electron chi connectivity index (χ0n) is 13.8. The Balaban J connectivity index is 0.00000288. The van der Waals surface area contributed by atoms with E-state index in [0.717, 1.165) is 5.56 Å². The molecule has 0 atom stereocenters. The molecule has 0 fully saturated rings. The summed E-state index contributed by atoms with van der Waals surface area (Å²) in [6.45, 7) is 0.405. The summed E-state index contributed by atoms with van der Waals surface area (Å²) in [5, 5.41) is 3.01. The van der Waals surface area contributed by atoms with Gasteiger partial charge in [-0.1, -0.05) is 6.07 Å². The number of ether oxygens (including phenoxy) is 3. The molecule has 1 aromatic heterocycles. The maximum absolute atomic E-state index is 5.92. The Labute approximate surface area is 158 Å². The van der Waals surface area contributed by atoms with Crippen LogP contribution in [0.2, 0.25) is 0 Å². The van der Waals surface area contributed by atoms with Crippen LogP contribution in [-0.2, 0) is 6.54 Å². The number of pyridine rings is 1. The normalized spacial score (nSPS) is 10.5. The summed E-state index contributed by atoms with van der Waals surface area (Å²) in [5.41, 5.74) is 7.53. The van der Waals surface area contributed by atoms with Crippen molar-refractivity contribution in [3.8, 4) is 17.4 Å². The summed E-state index contributed by atoms with van der Waals surface area (Å²) in [6, 6.07) is 9.05. The summed E-state index contributed by atoms with van der Waals surface area (Å²) in [4.78, 5) is 8.40. The standard InChI is InChI=1S/C16H20N4O3.HI/c1-21-12-5-6-14(22-2)13(8-12)20-16(17)19-10-11-4-7-15(23-3)18-9-11;/h4-9H,10H2,1-3H3,(H3,17,19,20);1H. The highest BCUT2D eigenvalue weighted by Gasteiger charge is 2.06. The molecule has 2 rings (SSSR count). The summed E-state index contributed by atoms with van der Waals surface area (Å²) < 4.78 is 15.5. The molecule has 7 nitrogen and oxygen atoms in total. The third kappa shape index (κ3) is 5.44. The third-order valence-electron chi connectivity index (χ3n) is 3.11. The van der Waals surface area contributed by atoms with Gasteiger partial charge in [-0.3, -0.25) is 0 Å². The van der Waals surface area contributed by atoms with Crippen molar-refractivity contribution in [3.05, 3.63) is 42.1 Å². The Kier molecular flexibility index (Phi) is 8.10. The molecule has 0 unspecified atom stereocenters. The minimum atomic E-state index is 0. The van der Waals surface area contributed by atoms with Gasteiger partial charge >= 0.3 is 0 Å². The molecule has 0 radical (unpaired) electrons. The predicted molar refractivity (Wildman–Crippen MR) is 105 cm³/mol. The van der Waals surface area contributed by atoms with Gasteiger partial charge < -0.3 is 25.3 Å². The fourth-order valence-corrected chi connectivity index (χ4v) is 1.89. The molecular formula is C16H21IN4O3. The van der Waals surface area contributed by atoms with Crippen molar-refractivity contribution < 1.29 is 14.2 Å². The largest absolute Gasteiger partial charge is 0.497 e. The highest BCUT2D eigenvalue weighted by Crippen LogP contribution is 2.28. The average Bonchev–Trinajstić information content (AvgIpc) is 2.60. The van der Waals surface area contributed by atoms with Crippen LogP contribution < -0.4 is 25.3 Å². The Morgan fingerprint density at radius 2 is 1.92 bits per heavy atom. The number of guanidine groups is 1. The van der Waals surface area contributed by atoms with Crippen LogP contribution in [0.3, 0.4) is 0 Å². The first-order chi connectivity index (χ1) is 11.2. The molecule has 0 saturated heterocycles. The summed E-state index contributed by atoms with van der Waals surface area (Å²) in [7, 11) is 4.76. The van der Waals surface area contributed by atoms with Crippen LogP contribution in [0.5, 0.6) is 17.4 Å². The zero-order chi connectivity index (χ0) is 16.7. The SMILES string of the molecule is COc1ccc(OC)c(NC(N)=NCc2ccc(OC)nc2)c1.I. The molecule has 3 N–H and O–H groups in total. The number of aliphatic imine (C=N–C) groups is 1. The number of nitrogens with two attached hydrogens (primary N) is 1. The Morgan fingerprint density at radius 1 is 1.12 bits per heavy atom. The molecule has 1 heterocycles. The minimum absolute atomic E-state index is 0. The molecule has 2 aromatic rings. The number of nitrogens with zero attached hydrogens (tertiary/aromatic N) is 2. The van der Waals surface area contributed by atoms with Gasteiger partial charge in [0.05, 0.1) is 33.6 Å². The van der Waals surface area contributed by atoms with E-state index in [-0.39, 0.29) is 29.9 Å². The molecule has 0 aliphatic heterocycles. The number of hydrogen-bond acceptors (Lipinski definition) is 5. The summed E-state index contributed by atoms with van der Waals surface area (Å²) in [6.07, 6.45) is 1.70. The number of methoxy groups -OCH3 is 3. The molecule has 0 bridgehead atoms. The van der Waals surface area contributed by atoms with Gasteiger partial charge in [0.1, 0.15) is 11.5 Å². The van der Waals surface area contributed by atoms with Gasteiger partial charge in [0.15, 0.2) is 5.96 Å². The Hall–Kier alpha value is -2.23. The zero-order valence-corrected chi connectivity index (χ0v) is 16.1. The lowest BCUT2D eigenvalue weighted by atomic mass is 10.2. The molecule has 0 aliphatic rings. The lowest BCUT2D eigenvalue weighted by Gasteiger charge is -2.12. The van der Waals surface area contributed by atoms with E-state index in [2.05, 4.69) is 15.3 Å². The van der Waals surface area contributed by atoms with Gasteiger partial charge in [-0.05, 0) is 17.7 Å². The highest BCUT2D eigenvalue weighted by molar-refractivity contribution is 14.0. The maximum Gasteiger partial charge on any atom is 0.212 e. The molecular weight excluding hydrogens is 423 g/mol. The number of hydrogen-bond donors (Lipinski definition) is 2. The number of rotatable bonds is 6. The van der Waals surface area contributed by atoms with Gasteiger partial charge in [0.2, 0.25) is 5.88 Å². The molecule has 0 spiro atoms. The third-order valence-corrected chi connectivity index (χ3v) is 3.11. The van der Waals surface area contributed by atoms with Gasteiger partial charge in [-0.15, -0.1) is 24.0 Å². The van der Waals surface area contributed by atoms with E-state index < -0.39 is 0 Å². The second kappa shape index (κ2) is 9.81. The lowest BCUT2D eigenvalue weighted by molar-refractivity contribution is 0.397. The topological polar surface area (TPSA) is 91.0 Å². The molecule has 8 heteroatoms. The van der Waals surface area contributed by atoms with Crippen molar-refractivity contribution in [3.63, 3.8) is 0 Å². The predicted octanol–water partition coefficient (Wildman–Crippen LogP) is 2.65. The van der Waals surface area contributed by atoms with Crippen LogP contribution in [0.15, 0.2) is 41.5 Å². The molecule has 130 valence electrons. The van der Waals surface area contributed by atoms with E-state index in [9.17, 15) is 0 Å². The second-order valence-corrected chi connectivity index (χ2v) is 4.60. The van der Waals surface area contributed by atoms with E-state index >= 15 is 0 Å².